The first-order valence-electron chi connectivity index (χ1n) is 9.21. The van der Waals surface area contributed by atoms with E-state index in [1.54, 1.807) is 0 Å². The molecule has 2 aliphatic rings. The average molecular weight is 324 g/mol. The monoisotopic (exact) mass is 324 g/mol. The summed E-state index contributed by atoms with van der Waals surface area (Å²) in [7, 11) is 0. The minimum absolute atomic E-state index is 0.00903. The van der Waals surface area contributed by atoms with Crippen LogP contribution in [0.4, 0.5) is 0 Å². The van der Waals surface area contributed by atoms with Gasteiger partial charge in [-0.25, -0.2) is 0 Å². The van der Waals surface area contributed by atoms with E-state index in [0.29, 0.717) is 17.8 Å². The van der Waals surface area contributed by atoms with Crippen LogP contribution >= 0.6 is 0 Å². The lowest BCUT2D eigenvalue weighted by molar-refractivity contribution is -0.229. The molecular formula is C22H28O2. The smallest absolute Gasteiger partial charge is 0.160 e. The first-order chi connectivity index (χ1) is 11.8. The summed E-state index contributed by atoms with van der Waals surface area (Å²) >= 11 is 0. The predicted molar refractivity (Wildman–Crippen MR) is 97.7 cm³/mol. The Bertz CT molecular complexity index is 553. The van der Waals surface area contributed by atoms with Crippen LogP contribution in [-0.4, -0.2) is 19.5 Å². The highest BCUT2D eigenvalue weighted by atomic mass is 16.7. The van der Waals surface area contributed by atoms with Crippen LogP contribution in [0.15, 0.2) is 36.9 Å². The first kappa shape index (κ1) is 17.3. The molecule has 3 rings (SSSR count). The molecule has 2 fully saturated rings. The fourth-order valence-corrected chi connectivity index (χ4v) is 3.93. The van der Waals surface area contributed by atoms with Crippen molar-refractivity contribution in [1.82, 2.24) is 0 Å². The number of hydrogen-bond donors (Lipinski definition) is 0. The van der Waals surface area contributed by atoms with Crippen LogP contribution in [0, 0.1) is 24.2 Å². The summed E-state index contributed by atoms with van der Waals surface area (Å²) in [6.45, 7) is 5.46. The van der Waals surface area contributed by atoms with Crippen molar-refractivity contribution >= 4 is 0 Å². The molecule has 1 saturated heterocycles. The molecule has 24 heavy (non-hydrogen) atoms. The minimum atomic E-state index is 0.00903. The van der Waals surface area contributed by atoms with Gasteiger partial charge in [-0.2, -0.15) is 0 Å². The molecule has 1 aliphatic heterocycles. The summed E-state index contributed by atoms with van der Waals surface area (Å²) in [4.78, 5) is 0. The summed E-state index contributed by atoms with van der Waals surface area (Å²) in [6.07, 6.45) is 14.4. The van der Waals surface area contributed by atoms with Gasteiger partial charge in [-0.3, -0.25) is 0 Å². The fraction of sp³-hybridized carbons (Fsp3) is 0.545. The maximum absolute atomic E-state index is 6.02. The van der Waals surface area contributed by atoms with Crippen molar-refractivity contribution < 1.29 is 9.47 Å². The molecule has 0 spiro atoms. The molecule has 0 N–H and O–H groups in total. The maximum Gasteiger partial charge on any atom is 0.160 e. The summed E-state index contributed by atoms with van der Waals surface area (Å²) in [5, 5.41) is 0. The number of allylic oxidation sites excluding steroid dienone is 1. The number of ether oxygens (including phenoxy) is 2. The van der Waals surface area contributed by atoms with E-state index in [2.05, 4.69) is 36.8 Å². The van der Waals surface area contributed by atoms with Crippen LogP contribution in [0.3, 0.4) is 0 Å². The third-order valence-electron chi connectivity index (χ3n) is 5.48. The van der Waals surface area contributed by atoms with Crippen molar-refractivity contribution in [2.75, 3.05) is 13.2 Å². The quantitative estimate of drug-likeness (QED) is 0.567. The Morgan fingerprint density at radius 3 is 2.33 bits per heavy atom. The first-order valence-corrected chi connectivity index (χ1v) is 9.21. The highest BCUT2D eigenvalue weighted by molar-refractivity contribution is 5.35. The lowest BCUT2D eigenvalue weighted by atomic mass is 9.78. The molecule has 0 unspecified atom stereocenters. The Morgan fingerprint density at radius 1 is 1.08 bits per heavy atom. The zero-order valence-corrected chi connectivity index (χ0v) is 14.5. The van der Waals surface area contributed by atoms with Gasteiger partial charge >= 0.3 is 0 Å². The van der Waals surface area contributed by atoms with E-state index >= 15 is 0 Å². The fourth-order valence-electron chi connectivity index (χ4n) is 3.93. The molecule has 1 aromatic carbocycles. The van der Waals surface area contributed by atoms with Gasteiger partial charge in [-0.05, 0) is 62.1 Å². The van der Waals surface area contributed by atoms with Gasteiger partial charge in [0.2, 0.25) is 0 Å². The van der Waals surface area contributed by atoms with Gasteiger partial charge in [0, 0.05) is 17.4 Å². The number of hydrogen-bond acceptors (Lipinski definition) is 2. The van der Waals surface area contributed by atoms with E-state index in [1.807, 2.05) is 6.08 Å². The highest BCUT2D eigenvalue weighted by Gasteiger charge is 2.32. The largest absolute Gasteiger partial charge is 0.352 e. The van der Waals surface area contributed by atoms with E-state index in [4.69, 9.17) is 15.9 Å². The summed E-state index contributed by atoms with van der Waals surface area (Å²) in [5.74, 6) is 4.42. The zero-order chi connectivity index (χ0) is 16.8. The molecular weight excluding hydrogens is 296 g/mol. The summed E-state index contributed by atoms with van der Waals surface area (Å²) < 4.78 is 12.0. The van der Waals surface area contributed by atoms with E-state index in [9.17, 15) is 0 Å². The van der Waals surface area contributed by atoms with E-state index in [1.165, 1.54) is 31.2 Å². The molecule has 1 heterocycles. The van der Waals surface area contributed by atoms with Gasteiger partial charge in [-0.15, -0.1) is 13.0 Å². The number of terminal acetylenes is 1. The molecule has 2 heteroatoms. The third kappa shape index (κ3) is 4.29. The van der Waals surface area contributed by atoms with Crippen molar-refractivity contribution in [2.24, 2.45) is 11.8 Å². The molecule has 1 aliphatic carbocycles. The van der Waals surface area contributed by atoms with Crippen LogP contribution in [0.1, 0.15) is 55.6 Å². The molecule has 0 radical (unpaired) electrons. The van der Waals surface area contributed by atoms with E-state index < -0.39 is 0 Å². The van der Waals surface area contributed by atoms with Gasteiger partial charge in [0.25, 0.3) is 0 Å². The molecule has 0 atom stereocenters. The van der Waals surface area contributed by atoms with Gasteiger partial charge in [0.05, 0.1) is 13.2 Å². The predicted octanol–water partition coefficient (Wildman–Crippen LogP) is 4.90. The van der Waals surface area contributed by atoms with Crippen molar-refractivity contribution in [3.05, 3.63) is 48.0 Å². The molecule has 1 saturated carbocycles. The van der Waals surface area contributed by atoms with E-state index in [-0.39, 0.29) is 6.29 Å². The average Bonchev–Trinajstić information content (AvgIpc) is 2.67. The third-order valence-corrected chi connectivity index (χ3v) is 5.48. The Labute approximate surface area is 146 Å². The van der Waals surface area contributed by atoms with Gasteiger partial charge < -0.3 is 9.47 Å². The molecule has 2 nitrogen and oxygen atoms in total. The van der Waals surface area contributed by atoms with Gasteiger partial charge in [0.15, 0.2) is 6.29 Å². The SMILES string of the molecule is C#Cc1ccc([C@H]2CC[C@H]([C@H]3OC[C@H](CCC=C)CO3)CC2)cc1. The Balaban J connectivity index is 1.45. The summed E-state index contributed by atoms with van der Waals surface area (Å²) in [6, 6.07) is 8.49. The van der Waals surface area contributed by atoms with Crippen LogP contribution in [0.25, 0.3) is 0 Å². The van der Waals surface area contributed by atoms with Crippen molar-refractivity contribution in [3.8, 4) is 12.3 Å². The molecule has 0 amide bonds. The topological polar surface area (TPSA) is 18.5 Å². The van der Waals surface area contributed by atoms with Crippen LogP contribution < -0.4 is 0 Å². The van der Waals surface area contributed by atoms with Crippen LogP contribution in [0.2, 0.25) is 0 Å². The zero-order valence-electron chi connectivity index (χ0n) is 14.5. The Kier molecular flexibility index (Phi) is 6.12. The van der Waals surface area contributed by atoms with E-state index in [0.717, 1.165) is 31.6 Å². The maximum atomic E-state index is 6.02. The Hall–Kier alpha value is -1.56. The van der Waals surface area contributed by atoms with Crippen LogP contribution in [-0.2, 0) is 9.47 Å². The van der Waals surface area contributed by atoms with Crippen molar-refractivity contribution in [3.63, 3.8) is 0 Å². The standard InChI is InChI=1S/C22H28O2/c1-3-5-6-18-15-23-22(24-16-18)21-13-11-20(12-14-21)19-9-7-17(4-2)8-10-19/h2-3,7-10,18,20-22H,1,5-6,11-16H2/t18-,20-,21-,22-. The molecule has 0 bridgehead atoms. The number of benzene rings is 1. The van der Waals surface area contributed by atoms with Crippen LogP contribution in [0.5, 0.6) is 0 Å². The highest BCUT2D eigenvalue weighted by Crippen LogP contribution is 2.39. The molecule has 0 aromatic heterocycles. The van der Waals surface area contributed by atoms with Crippen molar-refractivity contribution in [1.29, 1.82) is 0 Å². The Morgan fingerprint density at radius 2 is 1.75 bits per heavy atom. The lowest BCUT2D eigenvalue weighted by Gasteiger charge is -2.37. The lowest BCUT2D eigenvalue weighted by Crippen LogP contribution is -2.38. The molecule has 1 aromatic rings. The molecule has 128 valence electrons. The second kappa shape index (κ2) is 8.51. The second-order valence-electron chi connectivity index (χ2n) is 7.15. The number of rotatable bonds is 5. The van der Waals surface area contributed by atoms with Gasteiger partial charge in [0.1, 0.15) is 0 Å². The second-order valence-corrected chi connectivity index (χ2v) is 7.15. The van der Waals surface area contributed by atoms with Gasteiger partial charge in [-0.1, -0.05) is 24.1 Å². The summed E-state index contributed by atoms with van der Waals surface area (Å²) in [5.41, 5.74) is 2.38. The normalized spacial score (nSPS) is 30.5. The minimum Gasteiger partial charge on any atom is -0.352 e. The van der Waals surface area contributed by atoms with Crippen molar-refractivity contribution in [2.45, 2.75) is 50.7 Å².